The van der Waals surface area contributed by atoms with Crippen molar-refractivity contribution in [3.63, 3.8) is 0 Å². The van der Waals surface area contributed by atoms with Crippen molar-refractivity contribution in [1.29, 1.82) is 5.26 Å². The Kier molecular flexibility index (Phi) is 4.39. The molecule has 120 valence electrons. The number of carbonyl (C=O) groups excluding carboxylic acids is 1. The number of anilines is 1. The zero-order valence-electron chi connectivity index (χ0n) is 13.0. The maximum Gasteiger partial charge on any atom is 0.224 e. The van der Waals surface area contributed by atoms with Crippen molar-refractivity contribution in [2.75, 3.05) is 31.7 Å². The van der Waals surface area contributed by atoms with Gasteiger partial charge in [-0.25, -0.2) is 15.0 Å². The fraction of sp³-hybridized carbons (Fsp3) is 0.467. The van der Waals surface area contributed by atoms with E-state index in [2.05, 4.69) is 25.3 Å². The molecule has 3 heterocycles. The van der Waals surface area contributed by atoms with E-state index in [1.54, 1.807) is 6.33 Å². The second kappa shape index (κ2) is 6.62. The van der Waals surface area contributed by atoms with Gasteiger partial charge in [-0.2, -0.15) is 5.26 Å². The Morgan fingerprint density at radius 3 is 3.04 bits per heavy atom. The highest BCUT2D eigenvalue weighted by Gasteiger charge is 2.27. The predicted octanol–water partition coefficient (Wildman–Crippen LogP) is 0.661. The highest BCUT2D eigenvalue weighted by atomic mass is 16.1. The van der Waals surface area contributed by atoms with Gasteiger partial charge >= 0.3 is 0 Å². The molecule has 8 heteroatoms. The van der Waals surface area contributed by atoms with Crippen LogP contribution in [0.3, 0.4) is 0 Å². The Morgan fingerprint density at radius 2 is 2.30 bits per heavy atom. The van der Waals surface area contributed by atoms with Crippen LogP contribution in [0, 0.1) is 17.2 Å². The average molecular weight is 313 g/mol. The first-order valence-corrected chi connectivity index (χ1v) is 7.62. The maximum absolute atomic E-state index is 11.9. The topological polar surface area (TPSA) is 101 Å². The van der Waals surface area contributed by atoms with Gasteiger partial charge in [-0.05, 0) is 18.9 Å². The van der Waals surface area contributed by atoms with E-state index >= 15 is 0 Å². The summed E-state index contributed by atoms with van der Waals surface area (Å²) >= 11 is 0. The van der Waals surface area contributed by atoms with Gasteiger partial charge in [0.2, 0.25) is 5.91 Å². The van der Waals surface area contributed by atoms with Crippen LogP contribution < -0.4 is 10.3 Å². The third-order valence-corrected chi connectivity index (χ3v) is 4.25. The Balaban J connectivity index is 1.65. The van der Waals surface area contributed by atoms with Crippen molar-refractivity contribution in [3.05, 3.63) is 18.6 Å². The summed E-state index contributed by atoms with van der Waals surface area (Å²) in [6, 6.07) is 3.89. The van der Waals surface area contributed by atoms with Crippen molar-refractivity contribution >= 4 is 22.8 Å². The summed E-state index contributed by atoms with van der Waals surface area (Å²) in [6.45, 7) is 1.62. The van der Waals surface area contributed by atoms with Crippen molar-refractivity contribution in [2.24, 2.45) is 5.92 Å². The zero-order chi connectivity index (χ0) is 16.2. The van der Waals surface area contributed by atoms with Gasteiger partial charge in [-0.1, -0.05) is 0 Å². The third kappa shape index (κ3) is 3.10. The number of amides is 1. The number of H-pyrrole nitrogens is 1. The molecule has 0 aliphatic carbocycles. The summed E-state index contributed by atoms with van der Waals surface area (Å²) in [6.07, 6.45) is 4.93. The van der Waals surface area contributed by atoms with E-state index in [-0.39, 0.29) is 18.4 Å². The molecule has 0 bridgehead atoms. The van der Waals surface area contributed by atoms with Crippen LogP contribution in [0.2, 0.25) is 0 Å². The van der Waals surface area contributed by atoms with E-state index in [0.29, 0.717) is 0 Å². The number of nitrogens with one attached hydrogen (secondary N) is 2. The standard InChI is InChI=1S/C15H19N7O/c1-21(14-12-2-6-17-13(12)19-10-20-14)22-8-3-11(4-9-22)15(23)18-7-5-16/h2,6,10-11H,3-4,7-9H2,1H3,(H,18,23)(H,17,19,20). The van der Waals surface area contributed by atoms with Gasteiger partial charge < -0.3 is 10.3 Å². The number of hydrazine groups is 1. The number of fused-ring (bicyclic) bond motifs is 1. The number of rotatable bonds is 4. The normalized spacial score (nSPS) is 16.2. The van der Waals surface area contributed by atoms with Crippen LogP contribution in [0.25, 0.3) is 11.0 Å². The molecule has 2 aromatic rings. The van der Waals surface area contributed by atoms with Crippen LogP contribution in [0.1, 0.15) is 12.8 Å². The number of piperidine rings is 1. The molecule has 1 saturated heterocycles. The Hall–Kier alpha value is -2.66. The average Bonchev–Trinajstić information content (AvgIpc) is 3.08. The molecule has 2 aromatic heterocycles. The second-order valence-corrected chi connectivity index (χ2v) is 5.56. The van der Waals surface area contributed by atoms with Crippen molar-refractivity contribution < 1.29 is 4.79 Å². The highest BCUT2D eigenvalue weighted by Crippen LogP contribution is 2.25. The summed E-state index contributed by atoms with van der Waals surface area (Å²) in [5, 5.41) is 16.4. The van der Waals surface area contributed by atoms with Crippen LogP contribution in [0.5, 0.6) is 0 Å². The molecule has 0 atom stereocenters. The molecular formula is C15H19N7O. The fourth-order valence-electron chi connectivity index (χ4n) is 2.95. The van der Waals surface area contributed by atoms with Crippen molar-refractivity contribution in [1.82, 2.24) is 25.3 Å². The van der Waals surface area contributed by atoms with Crippen LogP contribution in [0.4, 0.5) is 5.82 Å². The van der Waals surface area contributed by atoms with Gasteiger partial charge in [0.05, 0.1) is 11.5 Å². The molecule has 8 nitrogen and oxygen atoms in total. The molecule has 0 saturated carbocycles. The molecule has 0 spiro atoms. The summed E-state index contributed by atoms with van der Waals surface area (Å²) in [5.41, 5.74) is 0.813. The van der Waals surface area contributed by atoms with Crippen LogP contribution in [-0.2, 0) is 4.79 Å². The second-order valence-electron chi connectivity index (χ2n) is 5.56. The molecule has 2 N–H and O–H groups in total. The molecule has 1 fully saturated rings. The summed E-state index contributed by atoms with van der Waals surface area (Å²) in [4.78, 5) is 23.6. The maximum atomic E-state index is 11.9. The monoisotopic (exact) mass is 313 g/mol. The minimum atomic E-state index is -0.0242. The van der Waals surface area contributed by atoms with E-state index in [0.717, 1.165) is 42.8 Å². The van der Waals surface area contributed by atoms with E-state index in [1.165, 1.54) is 0 Å². The summed E-state index contributed by atoms with van der Waals surface area (Å²) in [7, 11) is 1.98. The summed E-state index contributed by atoms with van der Waals surface area (Å²) in [5.74, 6) is 0.804. The SMILES string of the molecule is CN(c1ncnc2[nH]ccc12)N1CCC(C(=O)NCC#N)CC1. The first-order chi connectivity index (χ1) is 11.2. The number of hydrogen-bond acceptors (Lipinski definition) is 6. The molecule has 1 amide bonds. The van der Waals surface area contributed by atoms with Gasteiger partial charge in [0.25, 0.3) is 0 Å². The fourth-order valence-corrected chi connectivity index (χ4v) is 2.95. The number of nitrogens with zero attached hydrogens (tertiary/aromatic N) is 5. The van der Waals surface area contributed by atoms with Gasteiger partial charge in [0.1, 0.15) is 18.5 Å². The number of aromatic nitrogens is 3. The first-order valence-electron chi connectivity index (χ1n) is 7.62. The molecule has 23 heavy (non-hydrogen) atoms. The lowest BCUT2D eigenvalue weighted by atomic mass is 9.97. The van der Waals surface area contributed by atoms with E-state index in [4.69, 9.17) is 5.26 Å². The Bertz CT molecular complexity index is 727. The first kappa shape index (κ1) is 15.2. The quantitative estimate of drug-likeness (QED) is 0.804. The van der Waals surface area contributed by atoms with Gasteiger partial charge in [-0.3, -0.25) is 9.80 Å². The van der Waals surface area contributed by atoms with E-state index in [1.807, 2.05) is 30.4 Å². The lowest BCUT2D eigenvalue weighted by Crippen LogP contribution is -2.48. The molecule has 0 unspecified atom stereocenters. The van der Waals surface area contributed by atoms with E-state index < -0.39 is 0 Å². The van der Waals surface area contributed by atoms with Gasteiger partial charge in [0.15, 0.2) is 5.82 Å². The Morgan fingerprint density at radius 1 is 1.52 bits per heavy atom. The lowest BCUT2D eigenvalue weighted by Gasteiger charge is -2.37. The predicted molar refractivity (Wildman–Crippen MR) is 85.2 cm³/mol. The Labute approximate surface area is 134 Å². The molecule has 3 rings (SSSR count). The minimum absolute atomic E-state index is 0.0225. The highest BCUT2D eigenvalue weighted by molar-refractivity contribution is 5.86. The minimum Gasteiger partial charge on any atom is -0.346 e. The summed E-state index contributed by atoms with van der Waals surface area (Å²) < 4.78 is 0. The molecular weight excluding hydrogens is 294 g/mol. The molecule has 1 aliphatic rings. The largest absolute Gasteiger partial charge is 0.346 e. The molecule has 0 radical (unpaired) electrons. The number of aromatic amines is 1. The number of nitriles is 1. The van der Waals surface area contributed by atoms with Crippen molar-refractivity contribution in [3.8, 4) is 6.07 Å². The number of hydrogen-bond donors (Lipinski definition) is 2. The smallest absolute Gasteiger partial charge is 0.224 e. The van der Waals surface area contributed by atoms with Gasteiger partial charge in [0, 0.05) is 32.3 Å². The van der Waals surface area contributed by atoms with Crippen LogP contribution in [-0.4, -0.2) is 52.5 Å². The van der Waals surface area contributed by atoms with E-state index in [9.17, 15) is 4.79 Å². The van der Waals surface area contributed by atoms with Crippen LogP contribution in [0.15, 0.2) is 18.6 Å². The molecule has 0 aromatic carbocycles. The third-order valence-electron chi connectivity index (χ3n) is 4.25. The number of carbonyl (C=O) groups is 1. The lowest BCUT2D eigenvalue weighted by molar-refractivity contribution is -0.126. The van der Waals surface area contributed by atoms with Crippen molar-refractivity contribution in [2.45, 2.75) is 12.8 Å². The molecule has 1 aliphatic heterocycles. The van der Waals surface area contributed by atoms with Crippen LogP contribution >= 0.6 is 0 Å². The zero-order valence-corrected chi connectivity index (χ0v) is 13.0. The van der Waals surface area contributed by atoms with Gasteiger partial charge in [-0.15, -0.1) is 0 Å².